The third kappa shape index (κ3) is 7.51. The molecule has 3 heteroatoms. The number of benzene rings is 13. The zero-order valence-corrected chi connectivity index (χ0v) is 44.9. The molecular formula is C79H53N3. The van der Waals surface area contributed by atoms with Crippen LogP contribution in [0.25, 0.3) is 99.5 Å². The molecule has 16 rings (SSSR count). The van der Waals surface area contributed by atoms with Crippen molar-refractivity contribution in [2.45, 2.75) is 5.41 Å². The molecule has 13 aromatic carbocycles. The van der Waals surface area contributed by atoms with Crippen molar-refractivity contribution in [3.63, 3.8) is 0 Å². The Kier molecular flexibility index (Phi) is 11.1. The number of anilines is 3. The third-order valence-electron chi connectivity index (χ3n) is 17.1. The fraction of sp³-hybridized carbons (Fsp3) is 0.0127. The van der Waals surface area contributed by atoms with Crippen LogP contribution in [0.4, 0.5) is 17.1 Å². The van der Waals surface area contributed by atoms with Crippen molar-refractivity contribution in [3.05, 3.63) is 344 Å². The van der Waals surface area contributed by atoms with Crippen LogP contribution in [-0.4, -0.2) is 9.13 Å². The number of rotatable bonds is 10. The minimum absolute atomic E-state index is 0.476. The first-order valence-corrected chi connectivity index (χ1v) is 28.3. The van der Waals surface area contributed by atoms with Crippen LogP contribution in [0.3, 0.4) is 0 Å². The van der Waals surface area contributed by atoms with Crippen molar-refractivity contribution in [3.8, 4) is 55.9 Å². The molecule has 2 heterocycles. The van der Waals surface area contributed by atoms with E-state index in [2.05, 4.69) is 336 Å². The van der Waals surface area contributed by atoms with Crippen LogP contribution in [0, 0.1) is 0 Å². The zero-order chi connectivity index (χ0) is 54.1. The second kappa shape index (κ2) is 19.3. The van der Waals surface area contributed by atoms with E-state index in [1.54, 1.807) is 0 Å². The first-order valence-electron chi connectivity index (χ1n) is 28.3. The Hall–Kier alpha value is -10.7. The van der Waals surface area contributed by atoms with E-state index in [1.807, 2.05) is 0 Å². The van der Waals surface area contributed by atoms with Gasteiger partial charge >= 0.3 is 0 Å². The average Bonchev–Trinajstić information content (AvgIpc) is 2.42. The Bertz CT molecular complexity index is 4810. The summed E-state index contributed by atoms with van der Waals surface area (Å²) in [6.07, 6.45) is 0. The van der Waals surface area contributed by atoms with Crippen molar-refractivity contribution in [1.29, 1.82) is 0 Å². The highest BCUT2D eigenvalue weighted by Gasteiger charge is 2.46. The molecule has 0 radical (unpaired) electrons. The molecule has 3 nitrogen and oxygen atoms in total. The highest BCUT2D eigenvalue weighted by atomic mass is 15.1. The maximum atomic E-state index is 2.49. The van der Waals surface area contributed by atoms with Crippen LogP contribution in [0.15, 0.2) is 322 Å². The summed E-state index contributed by atoms with van der Waals surface area (Å²) in [5.74, 6) is 0. The molecule has 0 N–H and O–H groups in total. The summed E-state index contributed by atoms with van der Waals surface area (Å²) >= 11 is 0. The van der Waals surface area contributed by atoms with Crippen molar-refractivity contribution >= 4 is 60.7 Å². The summed E-state index contributed by atoms with van der Waals surface area (Å²) in [6, 6.07) is 118. The largest absolute Gasteiger partial charge is 0.311 e. The van der Waals surface area contributed by atoms with E-state index in [-0.39, 0.29) is 0 Å². The predicted molar refractivity (Wildman–Crippen MR) is 343 cm³/mol. The van der Waals surface area contributed by atoms with Gasteiger partial charge in [-0.25, -0.2) is 0 Å². The molecule has 0 saturated carbocycles. The van der Waals surface area contributed by atoms with Crippen molar-refractivity contribution in [2.24, 2.45) is 0 Å². The molecule has 384 valence electrons. The standard InChI is InChI=1S/C79H53N3/c1-6-22-60(23-7-1)79(61-24-8-2-9-25-61)73-35-19-16-32-67(73)72-53-66(44-47-74(72)79)82-76-37-21-18-34-69(76)71-46-41-56(52-78(71)82)59-49-57(54-38-42-65(43-39-54)80(62-26-10-3-11-27-62)63-28-12-4-13-29-63)48-58(50-59)55-40-45-70-68-33-17-20-36-75(68)81(77(70)51-55)64-30-14-5-15-31-64/h1-53H. The SMILES string of the molecule is c1ccc(N(c2ccccc2)c2ccc(-c3cc(-c4ccc5c6ccccc6n(-c6ccccc6)c5c4)cc(-c4ccc5c6ccccc6n(-c6ccc7c(c6)-c6ccccc6C7(c6ccccc6)c6ccccc6)c5c4)c3)cc2)cc1. The summed E-state index contributed by atoms with van der Waals surface area (Å²) < 4.78 is 4.91. The van der Waals surface area contributed by atoms with Gasteiger partial charge in [-0.05, 0) is 170 Å². The van der Waals surface area contributed by atoms with E-state index in [0.29, 0.717) is 0 Å². The van der Waals surface area contributed by atoms with E-state index in [4.69, 9.17) is 0 Å². The van der Waals surface area contributed by atoms with E-state index in [1.165, 1.54) is 71.5 Å². The molecule has 0 atom stereocenters. The zero-order valence-electron chi connectivity index (χ0n) is 44.9. The van der Waals surface area contributed by atoms with Crippen LogP contribution in [0.5, 0.6) is 0 Å². The Morgan fingerprint density at radius 2 is 0.634 bits per heavy atom. The van der Waals surface area contributed by atoms with Gasteiger partial charge in [-0.3, -0.25) is 0 Å². The summed E-state index contributed by atoms with van der Waals surface area (Å²) in [5.41, 5.74) is 24.3. The number of nitrogens with zero attached hydrogens (tertiary/aromatic N) is 3. The van der Waals surface area contributed by atoms with Crippen LogP contribution < -0.4 is 4.90 Å². The molecule has 0 spiro atoms. The van der Waals surface area contributed by atoms with Gasteiger partial charge in [0.2, 0.25) is 0 Å². The van der Waals surface area contributed by atoms with Crippen LogP contribution in [-0.2, 0) is 5.41 Å². The molecule has 0 saturated heterocycles. The van der Waals surface area contributed by atoms with Crippen molar-refractivity contribution in [2.75, 3.05) is 4.90 Å². The molecule has 0 aliphatic heterocycles. The summed E-state index contributed by atoms with van der Waals surface area (Å²) in [7, 11) is 0. The highest BCUT2D eigenvalue weighted by Crippen LogP contribution is 2.57. The minimum atomic E-state index is -0.476. The summed E-state index contributed by atoms with van der Waals surface area (Å²) in [4.78, 5) is 2.32. The molecule has 82 heavy (non-hydrogen) atoms. The lowest BCUT2D eigenvalue weighted by Crippen LogP contribution is -2.28. The lowest BCUT2D eigenvalue weighted by atomic mass is 9.68. The lowest BCUT2D eigenvalue weighted by Gasteiger charge is -2.33. The fourth-order valence-electron chi connectivity index (χ4n) is 13.5. The Morgan fingerprint density at radius 3 is 1.18 bits per heavy atom. The molecule has 1 aliphatic carbocycles. The molecule has 1 aliphatic rings. The maximum Gasteiger partial charge on any atom is 0.0713 e. The Balaban J connectivity index is 0.886. The van der Waals surface area contributed by atoms with Crippen molar-refractivity contribution in [1.82, 2.24) is 9.13 Å². The number of hydrogen-bond acceptors (Lipinski definition) is 1. The summed E-state index contributed by atoms with van der Waals surface area (Å²) in [5, 5.41) is 4.92. The molecule has 15 aromatic rings. The van der Waals surface area contributed by atoms with Gasteiger partial charge < -0.3 is 14.0 Å². The van der Waals surface area contributed by atoms with E-state index in [9.17, 15) is 0 Å². The van der Waals surface area contributed by atoms with Gasteiger partial charge in [0.1, 0.15) is 0 Å². The molecule has 2 aromatic heterocycles. The maximum absolute atomic E-state index is 2.49. The van der Waals surface area contributed by atoms with Gasteiger partial charge in [-0.2, -0.15) is 0 Å². The summed E-state index contributed by atoms with van der Waals surface area (Å²) in [6.45, 7) is 0. The van der Waals surface area contributed by atoms with Crippen molar-refractivity contribution < 1.29 is 0 Å². The normalized spacial score (nSPS) is 12.5. The van der Waals surface area contributed by atoms with Gasteiger partial charge in [0, 0.05) is 50.0 Å². The number of fused-ring (bicyclic) bond motifs is 9. The Morgan fingerprint density at radius 1 is 0.232 bits per heavy atom. The van der Waals surface area contributed by atoms with E-state index < -0.39 is 5.41 Å². The molecular weight excluding hydrogens is 991 g/mol. The van der Waals surface area contributed by atoms with Gasteiger partial charge in [0.05, 0.1) is 27.5 Å². The monoisotopic (exact) mass is 1040 g/mol. The number of aromatic nitrogens is 2. The smallest absolute Gasteiger partial charge is 0.0713 e. The molecule has 0 unspecified atom stereocenters. The number of para-hydroxylation sites is 5. The van der Waals surface area contributed by atoms with Crippen LogP contribution in [0.1, 0.15) is 22.3 Å². The first kappa shape index (κ1) is 47.3. The predicted octanol–water partition coefficient (Wildman–Crippen LogP) is 20.7. The quantitative estimate of drug-likeness (QED) is 0.133. The molecule has 0 amide bonds. The molecule has 0 fully saturated rings. The number of hydrogen-bond donors (Lipinski definition) is 0. The second-order valence-corrected chi connectivity index (χ2v) is 21.6. The van der Waals surface area contributed by atoms with Gasteiger partial charge in [0.25, 0.3) is 0 Å². The van der Waals surface area contributed by atoms with Gasteiger partial charge in [-0.15, -0.1) is 0 Å². The minimum Gasteiger partial charge on any atom is -0.311 e. The fourth-order valence-corrected chi connectivity index (χ4v) is 13.5. The van der Waals surface area contributed by atoms with Gasteiger partial charge in [-0.1, -0.05) is 218 Å². The third-order valence-corrected chi connectivity index (χ3v) is 17.1. The molecule has 0 bridgehead atoms. The second-order valence-electron chi connectivity index (χ2n) is 21.6. The van der Waals surface area contributed by atoms with E-state index in [0.717, 1.165) is 67.3 Å². The Labute approximate surface area is 477 Å². The highest BCUT2D eigenvalue weighted by molar-refractivity contribution is 6.12. The van der Waals surface area contributed by atoms with Crippen LogP contribution in [0.2, 0.25) is 0 Å². The van der Waals surface area contributed by atoms with Crippen LogP contribution >= 0.6 is 0 Å². The first-order chi connectivity index (χ1) is 40.7. The van der Waals surface area contributed by atoms with Gasteiger partial charge in [0.15, 0.2) is 0 Å². The average molecular weight is 1040 g/mol. The lowest BCUT2D eigenvalue weighted by molar-refractivity contribution is 0.768. The topological polar surface area (TPSA) is 13.1 Å². The van der Waals surface area contributed by atoms with E-state index >= 15 is 0 Å².